The maximum absolute atomic E-state index is 13.8. The van der Waals surface area contributed by atoms with E-state index in [0.717, 1.165) is 16.0 Å². The summed E-state index contributed by atoms with van der Waals surface area (Å²) in [5.74, 6) is -2.03. The van der Waals surface area contributed by atoms with Crippen molar-refractivity contribution in [1.29, 1.82) is 0 Å². The number of aryl methyl sites for hydroxylation is 1. The average Bonchev–Trinajstić information content (AvgIpc) is 3.42. The standard InChI is InChI=1S/C27H28FN5O5/c1-15-14-38-24-6-4-19(28)7-17(24)12-32(15)25(35)13-33(27(29)37)26(36)22-9-23(34)21-8-16(3-5-20(21)22)18-10-30-31(2)11-18/h3-8,10-11,15,22-23,34H,9,12-14H2,1-2H3,(H2,29,37)/t15-,22+,23?/m1/s1. The van der Waals surface area contributed by atoms with Crippen molar-refractivity contribution in [2.75, 3.05) is 13.2 Å². The van der Waals surface area contributed by atoms with Gasteiger partial charge in [0.1, 0.15) is 24.7 Å². The minimum Gasteiger partial charge on any atom is -0.491 e. The summed E-state index contributed by atoms with van der Waals surface area (Å²) < 4.78 is 21.2. The molecule has 1 unspecified atom stereocenters. The maximum atomic E-state index is 13.8. The Labute approximate surface area is 218 Å². The molecule has 3 aromatic rings. The fraction of sp³-hybridized carbons (Fsp3) is 0.333. The molecule has 3 atom stereocenters. The molecule has 0 saturated carbocycles. The summed E-state index contributed by atoms with van der Waals surface area (Å²) in [6.45, 7) is 1.39. The number of primary amides is 1. The van der Waals surface area contributed by atoms with E-state index in [1.54, 1.807) is 37.0 Å². The van der Waals surface area contributed by atoms with Gasteiger partial charge >= 0.3 is 6.03 Å². The van der Waals surface area contributed by atoms with Gasteiger partial charge in [-0.2, -0.15) is 5.10 Å². The fourth-order valence-electron chi connectivity index (χ4n) is 5.11. The molecule has 3 N–H and O–H groups in total. The number of ether oxygens (including phenoxy) is 1. The zero-order valence-corrected chi connectivity index (χ0v) is 21.0. The number of carbonyl (C=O) groups excluding carboxylic acids is 3. The lowest BCUT2D eigenvalue weighted by atomic mass is 9.97. The Morgan fingerprint density at radius 1 is 1.18 bits per heavy atom. The lowest BCUT2D eigenvalue weighted by Gasteiger charge is -2.29. The number of amides is 4. The topological polar surface area (TPSA) is 131 Å². The van der Waals surface area contributed by atoms with Gasteiger partial charge in [-0.1, -0.05) is 12.1 Å². The molecular formula is C27H28FN5O5. The van der Waals surface area contributed by atoms with Crippen LogP contribution in [0.4, 0.5) is 9.18 Å². The number of halogens is 1. The molecule has 0 spiro atoms. The Morgan fingerprint density at radius 2 is 1.97 bits per heavy atom. The summed E-state index contributed by atoms with van der Waals surface area (Å²) in [7, 11) is 1.80. The van der Waals surface area contributed by atoms with Crippen molar-refractivity contribution in [3.05, 3.63) is 71.3 Å². The number of nitrogens with zero attached hydrogens (tertiary/aromatic N) is 4. The molecule has 5 rings (SSSR count). The first kappa shape index (κ1) is 25.4. The number of urea groups is 1. The Balaban J connectivity index is 1.36. The third-order valence-corrected chi connectivity index (χ3v) is 7.14. The SMILES string of the molecule is C[C@@H]1COc2ccc(F)cc2CN1C(=O)CN(C(N)=O)C(=O)[C@H]1CC(O)c2cc(-c3cnn(C)c3)ccc21. The number of fused-ring (bicyclic) bond motifs is 2. The van der Waals surface area contributed by atoms with Crippen molar-refractivity contribution in [2.45, 2.75) is 38.0 Å². The van der Waals surface area contributed by atoms with Crippen molar-refractivity contribution >= 4 is 17.8 Å². The maximum Gasteiger partial charge on any atom is 0.321 e. The minimum absolute atomic E-state index is 0.0516. The molecule has 2 aromatic carbocycles. The van der Waals surface area contributed by atoms with Crippen molar-refractivity contribution in [3.63, 3.8) is 0 Å². The van der Waals surface area contributed by atoms with E-state index in [1.807, 2.05) is 12.3 Å². The van der Waals surface area contributed by atoms with E-state index in [4.69, 9.17) is 10.5 Å². The van der Waals surface area contributed by atoms with Crippen molar-refractivity contribution < 1.29 is 28.6 Å². The Morgan fingerprint density at radius 3 is 2.68 bits per heavy atom. The van der Waals surface area contributed by atoms with Crippen molar-refractivity contribution in [1.82, 2.24) is 19.6 Å². The third kappa shape index (κ3) is 4.72. The van der Waals surface area contributed by atoms with E-state index in [0.29, 0.717) is 22.4 Å². The molecule has 0 fully saturated rings. The molecule has 4 amide bonds. The molecule has 11 heteroatoms. The number of aromatic nitrogens is 2. The van der Waals surface area contributed by atoms with Gasteiger partial charge in [-0.05, 0) is 54.3 Å². The zero-order valence-electron chi connectivity index (χ0n) is 21.0. The average molecular weight is 522 g/mol. The summed E-state index contributed by atoms with van der Waals surface area (Å²) in [4.78, 5) is 41.3. The van der Waals surface area contributed by atoms with Gasteiger partial charge in [0.15, 0.2) is 0 Å². The van der Waals surface area contributed by atoms with Crippen molar-refractivity contribution in [2.24, 2.45) is 12.8 Å². The van der Waals surface area contributed by atoms with E-state index in [1.165, 1.54) is 23.1 Å². The predicted molar refractivity (Wildman–Crippen MR) is 134 cm³/mol. The molecule has 0 saturated heterocycles. The van der Waals surface area contributed by atoms with E-state index >= 15 is 0 Å². The number of imide groups is 1. The van der Waals surface area contributed by atoms with Crippen LogP contribution in [0, 0.1) is 5.82 Å². The second-order valence-corrected chi connectivity index (χ2v) is 9.75. The number of benzene rings is 2. The number of nitrogens with two attached hydrogens (primary N) is 1. The first-order chi connectivity index (χ1) is 18.1. The van der Waals surface area contributed by atoms with Crippen LogP contribution in [0.5, 0.6) is 5.75 Å². The highest BCUT2D eigenvalue weighted by molar-refractivity contribution is 6.01. The lowest BCUT2D eigenvalue weighted by molar-refractivity contribution is -0.140. The van der Waals surface area contributed by atoms with Crippen molar-refractivity contribution in [3.8, 4) is 16.9 Å². The van der Waals surface area contributed by atoms with Gasteiger partial charge in [0.25, 0.3) is 0 Å². The minimum atomic E-state index is -1.07. The Kier molecular flexibility index (Phi) is 6.62. The van der Waals surface area contributed by atoms with Gasteiger partial charge in [-0.15, -0.1) is 0 Å². The molecule has 0 bridgehead atoms. The summed E-state index contributed by atoms with van der Waals surface area (Å²) in [5, 5.41) is 14.9. The molecule has 1 aliphatic carbocycles. The van der Waals surface area contributed by atoms with E-state index in [9.17, 15) is 23.9 Å². The van der Waals surface area contributed by atoms with Crippen LogP contribution in [-0.4, -0.2) is 61.7 Å². The summed E-state index contributed by atoms with van der Waals surface area (Å²) in [6.07, 6.45) is 2.68. The molecule has 0 radical (unpaired) electrons. The van der Waals surface area contributed by atoms with Crippen LogP contribution < -0.4 is 10.5 Å². The molecule has 38 heavy (non-hydrogen) atoms. The van der Waals surface area contributed by atoms with Crippen LogP contribution in [0.15, 0.2) is 48.8 Å². The Hall–Kier alpha value is -4.25. The highest BCUT2D eigenvalue weighted by Gasteiger charge is 2.39. The first-order valence-corrected chi connectivity index (χ1v) is 12.2. The largest absolute Gasteiger partial charge is 0.491 e. The molecule has 198 valence electrons. The third-order valence-electron chi connectivity index (χ3n) is 7.14. The first-order valence-electron chi connectivity index (χ1n) is 12.2. The van der Waals surface area contributed by atoms with Crippen LogP contribution in [0.3, 0.4) is 0 Å². The van der Waals surface area contributed by atoms with Gasteiger partial charge in [0, 0.05) is 30.9 Å². The molecule has 1 aromatic heterocycles. The van der Waals surface area contributed by atoms with Crippen LogP contribution in [0.1, 0.15) is 42.1 Å². The summed E-state index contributed by atoms with van der Waals surface area (Å²) in [5.41, 5.74) is 8.89. The van der Waals surface area contributed by atoms with Crippen LogP contribution in [0.25, 0.3) is 11.1 Å². The number of carbonyl (C=O) groups is 3. The number of hydrogen-bond donors (Lipinski definition) is 2. The molecule has 10 nitrogen and oxygen atoms in total. The highest BCUT2D eigenvalue weighted by atomic mass is 19.1. The fourth-order valence-corrected chi connectivity index (χ4v) is 5.11. The van der Waals surface area contributed by atoms with E-state index in [-0.39, 0.29) is 19.6 Å². The molecule has 1 aliphatic heterocycles. The van der Waals surface area contributed by atoms with E-state index in [2.05, 4.69) is 5.10 Å². The summed E-state index contributed by atoms with van der Waals surface area (Å²) >= 11 is 0. The Bertz CT molecular complexity index is 1420. The van der Waals surface area contributed by atoms with Crippen LogP contribution >= 0.6 is 0 Å². The smallest absolute Gasteiger partial charge is 0.321 e. The molecule has 2 aliphatic rings. The number of aliphatic hydroxyl groups excluding tert-OH is 1. The van der Waals surface area contributed by atoms with E-state index < -0.39 is 48.3 Å². The molecular weight excluding hydrogens is 493 g/mol. The van der Waals surface area contributed by atoms with Gasteiger partial charge < -0.3 is 20.5 Å². The molecule has 2 heterocycles. The zero-order chi connectivity index (χ0) is 27.1. The number of aliphatic hydroxyl groups is 1. The second kappa shape index (κ2) is 9.90. The second-order valence-electron chi connectivity index (χ2n) is 9.75. The van der Waals surface area contributed by atoms with Gasteiger partial charge in [0.2, 0.25) is 11.8 Å². The van der Waals surface area contributed by atoms with Crippen LogP contribution in [0.2, 0.25) is 0 Å². The summed E-state index contributed by atoms with van der Waals surface area (Å²) in [6, 6.07) is 7.99. The van der Waals surface area contributed by atoms with Gasteiger partial charge in [-0.25, -0.2) is 9.18 Å². The number of hydrogen-bond acceptors (Lipinski definition) is 6. The number of rotatable bonds is 4. The highest BCUT2D eigenvalue weighted by Crippen LogP contribution is 2.43. The normalized spacial score (nSPS) is 20.2. The van der Waals surface area contributed by atoms with Gasteiger partial charge in [-0.3, -0.25) is 19.2 Å². The van der Waals surface area contributed by atoms with Gasteiger partial charge in [0.05, 0.1) is 24.3 Å². The quantitative estimate of drug-likeness (QED) is 0.542. The predicted octanol–water partition coefficient (Wildman–Crippen LogP) is 2.46. The van der Waals surface area contributed by atoms with Crippen LogP contribution in [-0.2, 0) is 23.2 Å². The monoisotopic (exact) mass is 521 g/mol. The lowest BCUT2D eigenvalue weighted by Crippen LogP contribution is -2.51.